The molecule has 1 aromatic carbocycles. The first-order chi connectivity index (χ1) is 9.05. The molecule has 0 spiro atoms. The van der Waals surface area contributed by atoms with Gasteiger partial charge in [-0.25, -0.2) is 4.98 Å². The van der Waals surface area contributed by atoms with E-state index in [4.69, 9.17) is 4.98 Å². The van der Waals surface area contributed by atoms with Crippen molar-refractivity contribution in [3.05, 3.63) is 29.6 Å². The second-order valence-corrected chi connectivity index (χ2v) is 6.33. The van der Waals surface area contributed by atoms with Crippen LogP contribution in [0.15, 0.2) is 18.2 Å². The van der Waals surface area contributed by atoms with Crippen molar-refractivity contribution in [3.63, 3.8) is 0 Å². The minimum atomic E-state index is 0.0317. The van der Waals surface area contributed by atoms with Crippen molar-refractivity contribution in [2.45, 2.75) is 38.5 Å². The van der Waals surface area contributed by atoms with Crippen LogP contribution in [-0.4, -0.2) is 21.3 Å². The number of aliphatic hydroxyl groups excluding tert-OH is 1. The summed E-state index contributed by atoms with van der Waals surface area (Å²) in [6, 6.07) is 6.48. The minimum Gasteiger partial charge on any atom is -0.395 e. The Kier molecular flexibility index (Phi) is 2.90. The molecular weight excluding hydrogens is 236 g/mol. The van der Waals surface area contributed by atoms with Crippen LogP contribution in [0.4, 0.5) is 0 Å². The molecule has 0 saturated heterocycles. The van der Waals surface area contributed by atoms with E-state index in [0.717, 1.165) is 30.6 Å². The average Bonchev–Trinajstić information content (AvgIpc) is 3.12. The summed E-state index contributed by atoms with van der Waals surface area (Å²) < 4.78 is 2.19. The topological polar surface area (TPSA) is 38.1 Å². The van der Waals surface area contributed by atoms with Gasteiger partial charge in [-0.2, -0.15) is 0 Å². The van der Waals surface area contributed by atoms with Gasteiger partial charge in [0, 0.05) is 18.9 Å². The first-order valence-corrected chi connectivity index (χ1v) is 7.12. The molecule has 1 N–H and O–H groups in total. The Hall–Kier alpha value is -1.35. The molecule has 1 aromatic heterocycles. The van der Waals surface area contributed by atoms with Crippen LogP contribution in [0.5, 0.6) is 0 Å². The lowest BCUT2D eigenvalue weighted by molar-refractivity contribution is 0.255. The highest BCUT2D eigenvalue weighted by Gasteiger charge is 2.43. The van der Waals surface area contributed by atoms with Gasteiger partial charge in [-0.3, -0.25) is 0 Å². The third kappa shape index (κ3) is 2.06. The van der Waals surface area contributed by atoms with Gasteiger partial charge >= 0.3 is 0 Å². The molecule has 0 unspecified atom stereocenters. The number of hydrogen-bond acceptors (Lipinski definition) is 2. The number of fused-ring (bicyclic) bond motifs is 1. The van der Waals surface area contributed by atoms with E-state index in [1.54, 1.807) is 0 Å². The molecule has 1 heterocycles. The molecule has 0 atom stereocenters. The van der Waals surface area contributed by atoms with E-state index >= 15 is 0 Å². The number of hydrogen-bond donors (Lipinski definition) is 1. The summed E-state index contributed by atoms with van der Waals surface area (Å²) in [6.45, 7) is 4.69. The molecule has 3 heteroatoms. The van der Waals surface area contributed by atoms with Gasteiger partial charge in [-0.1, -0.05) is 19.9 Å². The van der Waals surface area contributed by atoms with Crippen LogP contribution >= 0.6 is 0 Å². The predicted octanol–water partition coefficient (Wildman–Crippen LogP) is 2.80. The van der Waals surface area contributed by atoms with Gasteiger partial charge in [-0.15, -0.1) is 0 Å². The van der Waals surface area contributed by atoms with Crippen LogP contribution in [0, 0.1) is 5.92 Å². The molecule has 1 saturated carbocycles. The monoisotopic (exact) mass is 258 g/mol. The SMILES string of the molecule is CC(C)Cc1nc2cc(C3(CO)CC3)ccc2n1C. The van der Waals surface area contributed by atoms with E-state index in [2.05, 4.69) is 43.7 Å². The number of aryl methyl sites for hydroxylation is 1. The third-order valence-electron chi connectivity index (χ3n) is 4.33. The van der Waals surface area contributed by atoms with Crippen LogP contribution in [0.3, 0.4) is 0 Å². The van der Waals surface area contributed by atoms with Crippen LogP contribution in [0.1, 0.15) is 38.1 Å². The normalized spacial score (nSPS) is 17.3. The molecule has 0 aliphatic heterocycles. The fourth-order valence-corrected chi connectivity index (χ4v) is 2.82. The van der Waals surface area contributed by atoms with Gasteiger partial charge in [0.15, 0.2) is 0 Å². The lowest BCUT2D eigenvalue weighted by Gasteiger charge is -2.11. The molecule has 3 nitrogen and oxygen atoms in total. The Labute approximate surface area is 114 Å². The largest absolute Gasteiger partial charge is 0.395 e. The number of aromatic nitrogens is 2. The summed E-state index contributed by atoms with van der Waals surface area (Å²) in [5.41, 5.74) is 3.53. The Morgan fingerprint density at radius 3 is 2.68 bits per heavy atom. The van der Waals surface area contributed by atoms with Gasteiger partial charge in [0.25, 0.3) is 0 Å². The maximum absolute atomic E-state index is 9.54. The standard InChI is InChI=1S/C16H22N2O/c1-11(2)8-15-17-13-9-12(16(10-19)6-7-16)4-5-14(13)18(15)3/h4-5,9,11,19H,6-8,10H2,1-3H3. The van der Waals surface area contributed by atoms with Gasteiger partial charge in [0.05, 0.1) is 17.6 Å². The first-order valence-electron chi connectivity index (χ1n) is 7.12. The second-order valence-electron chi connectivity index (χ2n) is 6.33. The maximum atomic E-state index is 9.54. The van der Waals surface area contributed by atoms with Gasteiger partial charge < -0.3 is 9.67 Å². The van der Waals surface area contributed by atoms with Crippen LogP contribution in [0.25, 0.3) is 11.0 Å². The fraction of sp³-hybridized carbons (Fsp3) is 0.562. The Bertz CT molecular complexity index is 608. The van der Waals surface area contributed by atoms with E-state index < -0.39 is 0 Å². The smallest absolute Gasteiger partial charge is 0.109 e. The van der Waals surface area contributed by atoms with Gasteiger partial charge in [0.1, 0.15) is 5.82 Å². The summed E-state index contributed by atoms with van der Waals surface area (Å²) in [5.74, 6) is 1.76. The zero-order valence-corrected chi connectivity index (χ0v) is 12.0. The highest BCUT2D eigenvalue weighted by Crippen LogP contribution is 2.48. The molecule has 0 amide bonds. The highest BCUT2D eigenvalue weighted by atomic mass is 16.3. The number of benzene rings is 1. The molecule has 0 bridgehead atoms. The van der Waals surface area contributed by atoms with Gasteiger partial charge in [0.2, 0.25) is 0 Å². The van der Waals surface area contributed by atoms with E-state index in [1.807, 2.05) is 0 Å². The molecule has 0 radical (unpaired) electrons. The second kappa shape index (κ2) is 4.34. The summed E-state index contributed by atoms with van der Waals surface area (Å²) in [5, 5.41) is 9.54. The van der Waals surface area contributed by atoms with Gasteiger partial charge in [-0.05, 0) is 36.5 Å². The highest BCUT2D eigenvalue weighted by molar-refractivity contribution is 5.77. The van der Waals surface area contributed by atoms with Crippen LogP contribution in [0.2, 0.25) is 0 Å². The molecule has 102 valence electrons. The van der Waals surface area contributed by atoms with Crippen molar-refractivity contribution in [1.29, 1.82) is 0 Å². The maximum Gasteiger partial charge on any atom is 0.109 e. The molecule has 1 aliphatic rings. The molecule has 2 aromatic rings. The van der Waals surface area contributed by atoms with E-state index in [0.29, 0.717) is 5.92 Å². The summed E-state index contributed by atoms with van der Waals surface area (Å²) >= 11 is 0. The summed E-state index contributed by atoms with van der Waals surface area (Å²) in [6.07, 6.45) is 3.20. The van der Waals surface area contributed by atoms with Crippen molar-refractivity contribution < 1.29 is 5.11 Å². The lowest BCUT2D eigenvalue weighted by Crippen LogP contribution is -2.11. The van der Waals surface area contributed by atoms with Crippen molar-refractivity contribution in [2.75, 3.05) is 6.61 Å². The van der Waals surface area contributed by atoms with Crippen LogP contribution < -0.4 is 0 Å². The number of imidazole rings is 1. The molecule has 1 aliphatic carbocycles. The minimum absolute atomic E-state index is 0.0317. The first kappa shape index (κ1) is 12.7. The predicted molar refractivity (Wildman–Crippen MR) is 77.3 cm³/mol. The molecule has 1 fully saturated rings. The van der Waals surface area contributed by atoms with Crippen molar-refractivity contribution in [1.82, 2.24) is 9.55 Å². The van der Waals surface area contributed by atoms with Crippen LogP contribution in [-0.2, 0) is 18.9 Å². The average molecular weight is 258 g/mol. The zero-order chi connectivity index (χ0) is 13.6. The Balaban J connectivity index is 2.04. The number of aliphatic hydroxyl groups is 1. The van der Waals surface area contributed by atoms with Crippen molar-refractivity contribution in [3.8, 4) is 0 Å². The molecule has 3 rings (SSSR count). The third-order valence-corrected chi connectivity index (χ3v) is 4.33. The summed E-state index contributed by atoms with van der Waals surface area (Å²) in [4.78, 5) is 4.77. The van der Waals surface area contributed by atoms with E-state index in [9.17, 15) is 5.11 Å². The Morgan fingerprint density at radius 1 is 1.37 bits per heavy atom. The molecular formula is C16H22N2O. The van der Waals surface area contributed by atoms with E-state index in [1.165, 1.54) is 11.1 Å². The van der Waals surface area contributed by atoms with Crippen molar-refractivity contribution >= 4 is 11.0 Å². The quantitative estimate of drug-likeness (QED) is 0.915. The fourth-order valence-electron chi connectivity index (χ4n) is 2.82. The molecule has 19 heavy (non-hydrogen) atoms. The Morgan fingerprint density at radius 2 is 2.11 bits per heavy atom. The number of nitrogens with zero attached hydrogens (tertiary/aromatic N) is 2. The van der Waals surface area contributed by atoms with E-state index in [-0.39, 0.29) is 12.0 Å². The zero-order valence-electron chi connectivity index (χ0n) is 12.0. The number of rotatable bonds is 4. The van der Waals surface area contributed by atoms with Crippen molar-refractivity contribution in [2.24, 2.45) is 13.0 Å². The lowest BCUT2D eigenvalue weighted by atomic mass is 9.97. The summed E-state index contributed by atoms with van der Waals surface area (Å²) in [7, 11) is 2.09.